The number of carbonyl (C=O) groups is 1. The lowest BCUT2D eigenvalue weighted by Crippen LogP contribution is -2.40. The van der Waals surface area contributed by atoms with Gasteiger partial charge in [0.15, 0.2) is 5.78 Å². The predicted molar refractivity (Wildman–Crippen MR) is 102 cm³/mol. The summed E-state index contributed by atoms with van der Waals surface area (Å²) in [6.45, 7) is 6.53. The van der Waals surface area contributed by atoms with Crippen molar-refractivity contribution in [2.45, 2.75) is 45.3 Å². The Hall–Kier alpha value is -2.14. The molecular formula is C20H25NO3Si. The van der Waals surface area contributed by atoms with Crippen LogP contribution >= 0.6 is 0 Å². The second-order valence-corrected chi connectivity index (χ2v) is 12.5. The van der Waals surface area contributed by atoms with Crippen molar-refractivity contribution >= 4 is 19.2 Å². The number of ether oxygens (including phenoxy) is 1. The number of hydrogen-bond acceptors (Lipinski definition) is 4. The Labute approximate surface area is 149 Å². The van der Waals surface area contributed by atoms with E-state index in [0.29, 0.717) is 11.3 Å². The average Bonchev–Trinajstić information content (AvgIpc) is 3.07. The van der Waals surface area contributed by atoms with Crippen LogP contribution in [0.3, 0.4) is 0 Å². The van der Waals surface area contributed by atoms with E-state index in [2.05, 4.69) is 30.9 Å². The Morgan fingerprint density at radius 3 is 2.44 bits per heavy atom. The number of nitrogens with zero attached hydrogens (tertiary/aromatic N) is 1. The van der Waals surface area contributed by atoms with Gasteiger partial charge in [0.05, 0.1) is 12.7 Å². The smallest absolute Gasteiger partial charge is 0.194 e. The van der Waals surface area contributed by atoms with E-state index in [9.17, 15) is 4.79 Å². The van der Waals surface area contributed by atoms with Gasteiger partial charge < -0.3 is 9.26 Å². The molecule has 0 N–H and O–H groups in total. The van der Waals surface area contributed by atoms with Crippen LogP contribution in [0, 0.1) is 0 Å². The summed E-state index contributed by atoms with van der Waals surface area (Å²) < 4.78 is 10.9. The summed E-state index contributed by atoms with van der Waals surface area (Å²) in [5.41, 5.74) is 3.10. The molecule has 0 saturated carbocycles. The van der Waals surface area contributed by atoms with E-state index in [0.717, 1.165) is 48.0 Å². The van der Waals surface area contributed by atoms with E-state index in [-0.39, 0.29) is 5.78 Å². The molecule has 0 fully saturated rings. The number of methoxy groups -OCH3 is 1. The Kier molecular flexibility index (Phi) is 4.95. The number of allylic oxidation sites excluding steroid dienone is 2. The molecule has 0 saturated heterocycles. The standard InChI is InChI=1S/C20H25NO3Si/c1-23-16-12-10-14(11-13-16)18-17(20(24-21-18)25(2,3)4)19(22)15-8-6-5-7-9-15/h8,10-13H,5-7,9H2,1-4H3. The van der Waals surface area contributed by atoms with Crippen LogP contribution in [0.1, 0.15) is 36.0 Å². The lowest BCUT2D eigenvalue weighted by molar-refractivity contribution is 0.103. The van der Waals surface area contributed by atoms with Gasteiger partial charge in [0.1, 0.15) is 24.9 Å². The molecule has 1 aliphatic carbocycles. The fraction of sp³-hybridized carbons (Fsp3) is 0.400. The van der Waals surface area contributed by atoms with Crippen molar-refractivity contribution in [2.75, 3.05) is 7.11 Å². The maximum absolute atomic E-state index is 13.3. The Balaban J connectivity index is 2.11. The first-order valence-electron chi connectivity index (χ1n) is 8.80. The minimum atomic E-state index is -1.84. The molecular weight excluding hydrogens is 330 g/mol. The number of hydrogen-bond donors (Lipinski definition) is 0. The lowest BCUT2D eigenvalue weighted by Gasteiger charge is -2.16. The molecule has 0 bridgehead atoms. The number of benzene rings is 1. The van der Waals surface area contributed by atoms with Gasteiger partial charge in [0.2, 0.25) is 0 Å². The lowest BCUT2D eigenvalue weighted by atomic mass is 9.92. The van der Waals surface area contributed by atoms with Crippen molar-refractivity contribution in [3.8, 4) is 17.0 Å². The van der Waals surface area contributed by atoms with Crippen LogP contribution < -0.4 is 10.1 Å². The van der Waals surface area contributed by atoms with Crippen molar-refractivity contribution in [1.82, 2.24) is 5.16 Å². The molecule has 1 aliphatic rings. The van der Waals surface area contributed by atoms with Gasteiger partial charge in [-0.2, -0.15) is 0 Å². The molecule has 1 heterocycles. The molecule has 3 rings (SSSR count). The van der Waals surface area contributed by atoms with Crippen molar-refractivity contribution in [3.05, 3.63) is 41.5 Å². The monoisotopic (exact) mass is 355 g/mol. The molecule has 0 spiro atoms. The van der Waals surface area contributed by atoms with E-state index < -0.39 is 8.07 Å². The second kappa shape index (κ2) is 7.00. The minimum Gasteiger partial charge on any atom is -0.497 e. The van der Waals surface area contributed by atoms with Gasteiger partial charge in [-0.25, -0.2) is 0 Å². The molecule has 5 heteroatoms. The summed E-state index contributed by atoms with van der Waals surface area (Å²) in [6, 6.07) is 7.62. The molecule has 25 heavy (non-hydrogen) atoms. The van der Waals surface area contributed by atoms with Crippen LogP contribution in [-0.2, 0) is 0 Å². The van der Waals surface area contributed by atoms with Crippen LogP contribution in [0.25, 0.3) is 11.3 Å². The van der Waals surface area contributed by atoms with Gasteiger partial charge >= 0.3 is 0 Å². The van der Waals surface area contributed by atoms with Crippen LogP contribution in [0.15, 0.2) is 40.4 Å². The summed E-state index contributed by atoms with van der Waals surface area (Å²) >= 11 is 0. The normalized spacial score (nSPS) is 15.0. The van der Waals surface area contributed by atoms with Crippen molar-refractivity contribution in [2.24, 2.45) is 0 Å². The van der Waals surface area contributed by atoms with Gasteiger partial charge in [-0.3, -0.25) is 4.79 Å². The fourth-order valence-corrected chi connectivity index (χ4v) is 4.46. The third kappa shape index (κ3) is 3.61. The maximum atomic E-state index is 13.3. The highest BCUT2D eigenvalue weighted by atomic mass is 28.3. The Morgan fingerprint density at radius 1 is 1.16 bits per heavy atom. The van der Waals surface area contributed by atoms with E-state index in [1.807, 2.05) is 24.3 Å². The molecule has 1 aromatic carbocycles. The molecule has 132 valence electrons. The van der Waals surface area contributed by atoms with Gasteiger partial charge in [-0.05, 0) is 55.5 Å². The Morgan fingerprint density at radius 2 is 1.88 bits per heavy atom. The van der Waals surface area contributed by atoms with Crippen LogP contribution in [0.4, 0.5) is 0 Å². The number of carbonyl (C=O) groups excluding carboxylic acids is 1. The molecule has 2 aromatic rings. The zero-order valence-electron chi connectivity index (χ0n) is 15.4. The van der Waals surface area contributed by atoms with E-state index in [1.165, 1.54) is 0 Å². The first-order valence-corrected chi connectivity index (χ1v) is 12.3. The maximum Gasteiger partial charge on any atom is 0.194 e. The highest BCUT2D eigenvalue weighted by Gasteiger charge is 2.33. The number of rotatable bonds is 5. The fourth-order valence-electron chi connectivity index (χ4n) is 3.16. The van der Waals surface area contributed by atoms with E-state index in [1.54, 1.807) is 7.11 Å². The van der Waals surface area contributed by atoms with Gasteiger partial charge in [0, 0.05) is 5.56 Å². The quantitative estimate of drug-likeness (QED) is 0.582. The highest BCUT2D eigenvalue weighted by Crippen LogP contribution is 2.29. The van der Waals surface area contributed by atoms with Gasteiger partial charge in [0.25, 0.3) is 0 Å². The SMILES string of the molecule is COc1ccc(-c2noc([Si](C)(C)C)c2C(=O)C2=CCCCC2)cc1. The Bertz CT molecular complexity index is 797. The number of Topliss-reactive ketones (excluding diaryl/α,β-unsaturated/α-hetero) is 1. The van der Waals surface area contributed by atoms with Gasteiger partial charge in [-0.15, -0.1) is 0 Å². The molecule has 0 atom stereocenters. The molecule has 4 nitrogen and oxygen atoms in total. The third-order valence-corrected chi connectivity index (χ3v) is 6.25. The van der Waals surface area contributed by atoms with Crippen molar-refractivity contribution in [3.63, 3.8) is 0 Å². The second-order valence-electron chi connectivity index (χ2n) is 7.52. The summed E-state index contributed by atoms with van der Waals surface area (Å²) in [5.74, 6) is 0.865. The molecule has 0 aliphatic heterocycles. The first kappa shape index (κ1) is 17.7. The summed E-state index contributed by atoms with van der Waals surface area (Å²) in [6.07, 6.45) is 6.14. The number of ketones is 1. The predicted octanol–water partition coefficient (Wildman–Crippen LogP) is 4.58. The average molecular weight is 356 g/mol. The zero-order chi connectivity index (χ0) is 18.0. The molecule has 1 aromatic heterocycles. The topological polar surface area (TPSA) is 52.3 Å². The zero-order valence-corrected chi connectivity index (χ0v) is 16.4. The van der Waals surface area contributed by atoms with Crippen LogP contribution in [-0.4, -0.2) is 26.1 Å². The summed E-state index contributed by atoms with van der Waals surface area (Å²) in [5, 5.41) is 5.08. The summed E-state index contributed by atoms with van der Waals surface area (Å²) in [7, 11) is -0.198. The van der Waals surface area contributed by atoms with Crippen LogP contribution in [0.5, 0.6) is 5.75 Å². The van der Waals surface area contributed by atoms with Gasteiger partial charge in [-0.1, -0.05) is 30.9 Å². The number of aromatic nitrogens is 1. The summed E-state index contributed by atoms with van der Waals surface area (Å²) in [4.78, 5) is 13.3. The van der Waals surface area contributed by atoms with Crippen molar-refractivity contribution < 1.29 is 14.1 Å². The first-order chi connectivity index (χ1) is 11.9. The molecule has 0 amide bonds. The third-order valence-electron chi connectivity index (χ3n) is 4.55. The van der Waals surface area contributed by atoms with Crippen molar-refractivity contribution in [1.29, 1.82) is 0 Å². The van der Waals surface area contributed by atoms with E-state index >= 15 is 0 Å². The largest absolute Gasteiger partial charge is 0.497 e. The molecule has 0 unspecified atom stereocenters. The molecule has 0 radical (unpaired) electrons. The highest BCUT2D eigenvalue weighted by molar-refractivity contribution is 6.88. The van der Waals surface area contributed by atoms with E-state index in [4.69, 9.17) is 9.26 Å². The minimum absolute atomic E-state index is 0.0872. The van der Waals surface area contributed by atoms with Crippen LogP contribution in [0.2, 0.25) is 19.6 Å².